The van der Waals surface area contributed by atoms with Crippen LogP contribution in [0.1, 0.15) is 12.5 Å². The number of hydrogen-bond donors (Lipinski definition) is 1. The highest BCUT2D eigenvalue weighted by Crippen LogP contribution is 2.36. The van der Waals surface area contributed by atoms with Crippen LogP contribution in [0.4, 0.5) is 0 Å². The molecule has 0 amide bonds. The lowest BCUT2D eigenvalue weighted by Crippen LogP contribution is -2.35. The third kappa shape index (κ3) is 3.19. The SMILES string of the molecule is C[C@H](C(=O)O)N(C)Cc1cc2c(cc1Br)OCCO2. The van der Waals surface area contributed by atoms with E-state index in [0.29, 0.717) is 25.5 Å². The van der Waals surface area contributed by atoms with Gasteiger partial charge in [-0.15, -0.1) is 0 Å². The number of ether oxygens (including phenoxy) is 2. The number of halogens is 1. The summed E-state index contributed by atoms with van der Waals surface area (Å²) in [5.41, 5.74) is 0.972. The van der Waals surface area contributed by atoms with E-state index in [4.69, 9.17) is 14.6 Å². The molecular formula is C13H16BrNO4. The maximum Gasteiger partial charge on any atom is 0.320 e. The summed E-state index contributed by atoms with van der Waals surface area (Å²) in [6.07, 6.45) is 0. The molecule has 1 aromatic rings. The largest absolute Gasteiger partial charge is 0.486 e. The third-order valence-corrected chi connectivity index (χ3v) is 3.89. The molecule has 0 spiro atoms. The molecule has 0 aromatic heterocycles. The van der Waals surface area contributed by atoms with Gasteiger partial charge < -0.3 is 14.6 Å². The smallest absolute Gasteiger partial charge is 0.320 e. The molecular weight excluding hydrogens is 314 g/mol. The number of rotatable bonds is 4. The van der Waals surface area contributed by atoms with Crippen molar-refractivity contribution in [3.05, 3.63) is 22.2 Å². The molecule has 0 fully saturated rings. The van der Waals surface area contributed by atoms with Crippen molar-refractivity contribution in [3.8, 4) is 11.5 Å². The van der Waals surface area contributed by atoms with E-state index in [9.17, 15) is 4.79 Å². The van der Waals surface area contributed by atoms with Gasteiger partial charge in [0.05, 0.1) is 0 Å². The van der Waals surface area contributed by atoms with Crippen LogP contribution in [0, 0.1) is 0 Å². The minimum Gasteiger partial charge on any atom is -0.486 e. The van der Waals surface area contributed by atoms with Gasteiger partial charge in [-0.1, -0.05) is 15.9 Å². The van der Waals surface area contributed by atoms with Crippen LogP contribution in [0.3, 0.4) is 0 Å². The topological polar surface area (TPSA) is 59.0 Å². The number of nitrogens with zero attached hydrogens (tertiary/aromatic N) is 1. The van der Waals surface area contributed by atoms with Crippen molar-refractivity contribution in [2.45, 2.75) is 19.5 Å². The fourth-order valence-electron chi connectivity index (χ4n) is 1.82. The first-order valence-electron chi connectivity index (χ1n) is 6.00. The third-order valence-electron chi connectivity index (χ3n) is 3.15. The van der Waals surface area contributed by atoms with Crippen LogP contribution in [-0.4, -0.2) is 42.3 Å². The Bertz CT molecular complexity index is 492. The molecule has 1 atom stereocenters. The van der Waals surface area contributed by atoms with Gasteiger partial charge in [0, 0.05) is 11.0 Å². The quantitative estimate of drug-likeness (QED) is 0.916. The van der Waals surface area contributed by atoms with E-state index in [1.165, 1.54) is 0 Å². The van der Waals surface area contributed by atoms with Crippen molar-refractivity contribution >= 4 is 21.9 Å². The van der Waals surface area contributed by atoms with Gasteiger partial charge in [-0.05, 0) is 31.7 Å². The van der Waals surface area contributed by atoms with Crippen molar-refractivity contribution in [2.24, 2.45) is 0 Å². The number of fused-ring (bicyclic) bond motifs is 1. The van der Waals surface area contributed by atoms with Crippen molar-refractivity contribution in [3.63, 3.8) is 0 Å². The highest BCUT2D eigenvalue weighted by atomic mass is 79.9. The molecule has 1 N–H and O–H groups in total. The molecule has 6 heteroatoms. The minimum absolute atomic E-state index is 0.519. The first-order valence-corrected chi connectivity index (χ1v) is 6.79. The molecule has 19 heavy (non-hydrogen) atoms. The predicted molar refractivity (Wildman–Crippen MR) is 73.7 cm³/mol. The number of carboxylic acid groups (broad SMARTS) is 1. The van der Waals surface area contributed by atoms with Gasteiger partial charge in [0.15, 0.2) is 11.5 Å². The molecule has 5 nitrogen and oxygen atoms in total. The van der Waals surface area contributed by atoms with E-state index in [1.54, 1.807) is 18.9 Å². The zero-order valence-corrected chi connectivity index (χ0v) is 12.4. The Morgan fingerprint density at radius 3 is 2.58 bits per heavy atom. The van der Waals surface area contributed by atoms with Gasteiger partial charge in [0.1, 0.15) is 19.3 Å². The number of aliphatic carboxylic acids is 1. The lowest BCUT2D eigenvalue weighted by molar-refractivity contribution is -0.142. The van der Waals surface area contributed by atoms with E-state index in [0.717, 1.165) is 15.8 Å². The summed E-state index contributed by atoms with van der Waals surface area (Å²) < 4.78 is 11.9. The van der Waals surface area contributed by atoms with E-state index >= 15 is 0 Å². The standard InChI is InChI=1S/C13H16BrNO4/c1-8(13(16)17)15(2)7-9-5-11-12(6-10(9)14)19-4-3-18-11/h5-6,8H,3-4,7H2,1-2H3,(H,16,17)/t8-/m1/s1. The summed E-state index contributed by atoms with van der Waals surface area (Å²) >= 11 is 3.48. The molecule has 0 unspecified atom stereocenters. The lowest BCUT2D eigenvalue weighted by atomic mass is 10.1. The highest BCUT2D eigenvalue weighted by Gasteiger charge is 2.20. The number of hydrogen-bond acceptors (Lipinski definition) is 4. The van der Waals surface area contributed by atoms with Gasteiger partial charge in [-0.2, -0.15) is 0 Å². The predicted octanol–water partition coefficient (Wildman–Crippen LogP) is 2.13. The summed E-state index contributed by atoms with van der Waals surface area (Å²) in [4.78, 5) is 12.7. The summed E-state index contributed by atoms with van der Waals surface area (Å²) in [5.74, 6) is 0.591. The average Bonchev–Trinajstić information content (AvgIpc) is 2.38. The molecule has 1 aromatic carbocycles. The molecule has 1 heterocycles. The van der Waals surface area contributed by atoms with Crippen LogP contribution >= 0.6 is 15.9 Å². The van der Waals surface area contributed by atoms with Gasteiger partial charge in [-0.3, -0.25) is 9.69 Å². The zero-order valence-electron chi connectivity index (χ0n) is 10.9. The molecule has 0 radical (unpaired) electrons. The van der Waals surface area contributed by atoms with Crippen molar-refractivity contribution in [2.75, 3.05) is 20.3 Å². The minimum atomic E-state index is -0.837. The van der Waals surface area contributed by atoms with Crippen LogP contribution in [0.25, 0.3) is 0 Å². The fourth-order valence-corrected chi connectivity index (χ4v) is 2.27. The molecule has 2 rings (SSSR count). The first kappa shape index (κ1) is 14.1. The van der Waals surface area contributed by atoms with Crippen molar-refractivity contribution < 1.29 is 19.4 Å². The van der Waals surface area contributed by atoms with Crippen LogP contribution in [0.2, 0.25) is 0 Å². The molecule has 1 aliphatic rings. The zero-order chi connectivity index (χ0) is 14.0. The van der Waals surface area contributed by atoms with Crippen LogP contribution < -0.4 is 9.47 Å². The van der Waals surface area contributed by atoms with E-state index in [1.807, 2.05) is 12.1 Å². The fraction of sp³-hybridized carbons (Fsp3) is 0.462. The Labute approximate surface area is 120 Å². The molecule has 0 saturated carbocycles. The number of carbonyl (C=O) groups is 1. The molecule has 0 aliphatic carbocycles. The number of benzene rings is 1. The maximum atomic E-state index is 11.0. The van der Waals surface area contributed by atoms with Gasteiger partial charge in [0.25, 0.3) is 0 Å². The van der Waals surface area contributed by atoms with Gasteiger partial charge >= 0.3 is 5.97 Å². The van der Waals surface area contributed by atoms with E-state index in [-0.39, 0.29) is 0 Å². The molecule has 1 aliphatic heterocycles. The van der Waals surface area contributed by atoms with Crippen LogP contribution in [0.5, 0.6) is 11.5 Å². The summed E-state index contributed by atoms with van der Waals surface area (Å²) in [5, 5.41) is 8.99. The lowest BCUT2D eigenvalue weighted by Gasteiger charge is -2.24. The average molecular weight is 330 g/mol. The molecule has 0 saturated heterocycles. The summed E-state index contributed by atoms with van der Waals surface area (Å²) in [7, 11) is 1.78. The Hall–Kier alpha value is -1.27. The highest BCUT2D eigenvalue weighted by molar-refractivity contribution is 9.10. The summed E-state index contributed by atoms with van der Waals surface area (Å²) in [6, 6.07) is 3.22. The van der Waals surface area contributed by atoms with Crippen LogP contribution in [0.15, 0.2) is 16.6 Å². The maximum absolute atomic E-state index is 11.0. The second-order valence-electron chi connectivity index (χ2n) is 4.52. The Morgan fingerprint density at radius 2 is 2.00 bits per heavy atom. The van der Waals surface area contributed by atoms with Gasteiger partial charge in [-0.25, -0.2) is 0 Å². The number of likely N-dealkylation sites (N-methyl/N-ethyl adjacent to an activating group) is 1. The van der Waals surface area contributed by atoms with E-state index in [2.05, 4.69) is 15.9 Å². The van der Waals surface area contributed by atoms with Crippen LogP contribution in [-0.2, 0) is 11.3 Å². The Morgan fingerprint density at radius 1 is 1.42 bits per heavy atom. The molecule has 104 valence electrons. The Kier molecular flexibility index (Phi) is 4.31. The normalized spacial score (nSPS) is 15.4. The second-order valence-corrected chi connectivity index (χ2v) is 5.37. The summed E-state index contributed by atoms with van der Waals surface area (Å²) in [6.45, 7) is 3.27. The first-order chi connectivity index (χ1) is 8.99. The van der Waals surface area contributed by atoms with E-state index < -0.39 is 12.0 Å². The monoisotopic (exact) mass is 329 g/mol. The second kappa shape index (κ2) is 5.79. The Balaban J connectivity index is 2.18. The molecule has 0 bridgehead atoms. The van der Waals surface area contributed by atoms with Gasteiger partial charge in [0.2, 0.25) is 0 Å². The van der Waals surface area contributed by atoms with Crippen molar-refractivity contribution in [1.82, 2.24) is 4.90 Å². The van der Waals surface area contributed by atoms with Crippen molar-refractivity contribution in [1.29, 1.82) is 0 Å². The number of carboxylic acids is 1.